The third kappa shape index (κ3) is 69.3. The fourth-order valence-electron chi connectivity index (χ4n) is 10.5. The van der Waals surface area contributed by atoms with Crippen LogP contribution in [0.15, 0.2) is 85.1 Å². The van der Waals surface area contributed by atoms with Crippen molar-refractivity contribution in [2.24, 2.45) is 0 Å². The van der Waals surface area contributed by atoms with E-state index in [-0.39, 0.29) is 31.1 Å². The number of allylic oxidation sites excluding steroid dienone is 14. The molecule has 0 fully saturated rings. The van der Waals surface area contributed by atoms with E-state index in [1.807, 2.05) is 0 Å². The average molecular weight is 1160 g/mol. The molecule has 1 atom stereocenters. The maximum absolute atomic E-state index is 12.9. The van der Waals surface area contributed by atoms with Gasteiger partial charge in [0.05, 0.1) is 0 Å². The Morgan fingerprint density at radius 3 is 0.735 bits per heavy atom. The molecule has 0 aromatic heterocycles. The molecular formula is C77H136O6. The summed E-state index contributed by atoms with van der Waals surface area (Å²) >= 11 is 0. The van der Waals surface area contributed by atoms with Gasteiger partial charge in [-0.15, -0.1) is 0 Å². The summed E-state index contributed by atoms with van der Waals surface area (Å²) < 4.78 is 16.9. The summed E-state index contributed by atoms with van der Waals surface area (Å²) in [5, 5.41) is 0. The maximum atomic E-state index is 12.9. The molecular weight excluding hydrogens is 1020 g/mol. The Morgan fingerprint density at radius 2 is 0.470 bits per heavy atom. The summed E-state index contributed by atoms with van der Waals surface area (Å²) in [6, 6.07) is 0. The van der Waals surface area contributed by atoms with Crippen LogP contribution in [0.25, 0.3) is 0 Å². The lowest BCUT2D eigenvalue weighted by molar-refractivity contribution is -0.167. The van der Waals surface area contributed by atoms with Crippen LogP contribution in [0.3, 0.4) is 0 Å². The number of rotatable bonds is 66. The van der Waals surface area contributed by atoms with Crippen LogP contribution in [-0.4, -0.2) is 37.2 Å². The molecule has 0 heterocycles. The number of carbonyl (C=O) groups is 3. The highest BCUT2D eigenvalue weighted by molar-refractivity contribution is 5.71. The van der Waals surface area contributed by atoms with E-state index < -0.39 is 6.10 Å². The molecule has 0 saturated carbocycles. The monoisotopic (exact) mass is 1160 g/mol. The predicted molar refractivity (Wildman–Crippen MR) is 362 cm³/mol. The van der Waals surface area contributed by atoms with Crippen LogP contribution < -0.4 is 0 Å². The first kappa shape index (κ1) is 79.6. The molecule has 83 heavy (non-hydrogen) atoms. The molecule has 0 N–H and O–H groups in total. The largest absolute Gasteiger partial charge is 0.462 e. The molecule has 1 unspecified atom stereocenters. The van der Waals surface area contributed by atoms with Gasteiger partial charge in [0, 0.05) is 19.3 Å². The van der Waals surface area contributed by atoms with Crippen molar-refractivity contribution >= 4 is 17.9 Å². The van der Waals surface area contributed by atoms with Gasteiger partial charge in [0.15, 0.2) is 6.10 Å². The molecule has 6 heteroatoms. The van der Waals surface area contributed by atoms with Gasteiger partial charge in [-0.3, -0.25) is 14.4 Å². The molecule has 0 amide bonds. The van der Waals surface area contributed by atoms with Gasteiger partial charge in [0.2, 0.25) is 0 Å². The van der Waals surface area contributed by atoms with Crippen LogP contribution in [-0.2, 0) is 28.6 Å². The second kappa shape index (κ2) is 71.1. The number of carbonyl (C=O) groups excluding carboxylic acids is 3. The van der Waals surface area contributed by atoms with Gasteiger partial charge in [0.25, 0.3) is 0 Å². The molecule has 0 saturated heterocycles. The summed E-state index contributed by atoms with van der Waals surface area (Å²) in [7, 11) is 0. The molecule has 0 aromatic carbocycles. The third-order valence-electron chi connectivity index (χ3n) is 15.9. The van der Waals surface area contributed by atoms with E-state index in [2.05, 4.69) is 106 Å². The molecule has 0 spiro atoms. The highest BCUT2D eigenvalue weighted by Gasteiger charge is 2.19. The minimum atomic E-state index is -0.774. The van der Waals surface area contributed by atoms with Crippen molar-refractivity contribution in [2.75, 3.05) is 13.2 Å². The SMILES string of the molecule is CC/C=C\C/C=C\C/C=C\C/C=C\C/C=C\CCCCCCCCCCCCCCCCCCCC(=O)OCC(COC(=O)CCCCCCCCCCC)OC(=O)CCCCCCCCCCCCC/C=C\C/C=C\CCCCCCC. The van der Waals surface area contributed by atoms with Gasteiger partial charge in [-0.25, -0.2) is 0 Å². The topological polar surface area (TPSA) is 78.9 Å². The van der Waals surface area contributed by atoms with Crippen molar-refractivity contribution in [2.45, 2.75) is 374 Å². The number of hydrogen-bond donors (Lipinski definition) is 0. The fourth-order valence-corrected chi connectivity index (χ4v) is 10.5. The molecule has 0 aliphatic heterocycles. The van der Waals surface area contributed by atoms with Crippen molar-refractivity contribution in [3.8, 4) is 0 Å². The average Bonchev–Trinajstić information content (AvgIpc) is 3.49. The standard InChI is InChI=1S/C77H136O6/c1-4-7-10-13-16-19-21-23-25-27-29-31-33-34-35-36-37-38-39-40-41-42-44-45-47-49-51-53-55-58-61-64-67-70-76(79)82-73-74(72-81-75(78)69-66-63-60-57-18-15-12-9-6-3)83-77(80)71-68-65-62-59-56-54-52-50-48-46-43-32-30-28-26-24-22-20-17-14-11-8-5-2/h7,10,16,19,22-25,28-31,34-35,74H,4-6,8-9,11-15,17-18,20-21,26-27,32-33,36-73H2,1-3H3/b10-7-,19-16-,24-22-,25-23-,30-28-,31-29-,35-34-. The van der Waals surface area contributed by atoms with E-state index in [1.54, 1.807) is 0 Å². The zero-order valence-corrected chi connectivity index (χ0v) is 55.2. The summed E-state index contributed by atoms with van der Waals surface area (Å²) in [6.45, 7) is 6.54. The number of ether oxygens (including phenoxy) is 3. The molecule has 6 nitrogen and oxygen atoms in total. The third-order valence-corrected chi connectivity index (χ3v) is 15.9. The van der Waals surface area contributed by atoms with Crippen LogP contribution in [0.2, 0.25) is 0 Å². The lowest BCUT2D eigenvalue weighted by atomic mass is 10.0. The smallest absolute Gasteiger partial charge is 0.306 e. The predicted octanol–water partition coefficient (Wildman–Crippen LogP) is 25.0. The Kier molecular flexibility index (Phi) is 68.2. The summed E-state index contributed by atoms with van der Waals surface area (Å²) in [5.41, 5.74) is 0. The maximum Gasteiger partial charge on any atom is 0.306 e. The minimum Gasteiger partial charge on any atom is -0.462 e. The van der Waals surface area contributed by atoms with Crippen molar-refractivity contribution in [3.63, 3.8) is 0 Å². The zero-order chi connectivity index (χ0) is 59.9. The van der Waals surface area contributed by atoms with Crippen molar-refractivity contribution in [1.29, 1.82) is 0 Å². The molecule has 0 radical (unpaired) electrons. The van der Waals surface area contributed by atoms with Crippen molar-refractivity contribution in [1.82, 2.24) is 0 Å². The van der Waals surface area contributed by atoms with E-state index >= 15 is 0 Å². The van der Waals surface area contributed by atoms with Crippen molar-refractivity contribution < 1.29 is 28.6 Å². The van der Waals surface area contributed by atoms with Gasteiger partial charge >= 0.3 is 17.9 Å². The van der Waals surface area contributed by atoms with Gasteiger partial charge in [-0.1, -0.05) is 337 Å². The van der Waals surface area contributed by atoms with Crippen LogP contribution in [0, 0.1) is 0 Å². The number of unbranched alkanes of at least 4 members (excludes halogenated alkanes) is 41. The van der Waals surface area contributed by atoms with Crippen LogP contribution in [0.5, 0.6) is 0 Å². The van der Waals surface area contributed by atoms with E-state index in [4.69, 9.17) is 14.2 Å². The molecule has 0 aromatic rings. The normalized spacial score (nSPS) is 12.6. The van der Waals surface area contributed by atoms with Gasteiger partial charge in [-0.2, -0.15) is 0 Å². The minimum absolute atomic E-state index is 0.0716. The van der Waals surface area contributed by atoms with Gasteiger partial charge < -0.3 is 14.2 Å². The molecule has 0 rings (SSSR count). The second-order valence-electron chi connectivity index (χ2n) is 24.1. The zero-order valence-electron chi connectivity index (χ0n) is 55.2. The lowest BCUT2D eigenvalue weighted by Crippen LogP contribution is -2.30. The Balaban J connectivity index is 4.09. The Bertz CT molecular complexity index is 1570. The van der Waals surface area contributed by atoms with E-state index in [0.717, 1.165) is 96.3 Å². The fraction of sp³-hybridized carbons (Fsp3) is 0.779. The Morgan fingerprint density at radius 1 is 0.253 bits per heavy atom. The highest BCUT2D eigenvalue weighted by Crippen LogP contribution is 2.18. The second-order valence-corrected chi connectivity index (χ2v) is 24.1. The lowest BCUT2D eigenvalue weighted by Gasteiger charge is -2.18. The highest BCUT2D eigenvalue weighted by atomic mass is 16.6. The molecule has 0 aliphatic rings. The molecule has 480 valence electrons. The van der Waals surface area contributed by atoms with E-state index in [9.17, 15) is 14.4 Å². The van der Waals surface area contributed by atoms with Crippen LogP contribution in [0.4, 0.5) is 0 Å². The number of hydrogen-bond acceptors (Lipinski definition) is 6. The van der Waals surface area contributed by atoms with E-state index in [1.165, 1.54) is 231 Å². The first-order valence-corrected chi connectivity index (χ1v) is 36.1. The molecule has 0 aliphatic carbocycles. The van der Waals surface area contributed by atoms with Crippen LogP contribution >= 0.6 is 0 Å². The summed E-state index contributed by atoms with van der Waals surface area (Å²) in [4.78, 5) is 38.3. The number of esters is 3. The molecule has 0 bridgehead atoms. The first-order valence-electron chi connectivity index (χ1n) is 36.1. The summed E-state index contributed by atoms with van der Waals surface area (Å²) in [6.07, 6.45) is 94.9. The quantitative estimate of drug-likeness (QED) is 0.0261. The van der Waals surface area contributed by atoms with Crippen molar-refractivity contribution in [3.05, 3.63) is 85.1 Å². The van der Waals surface area contributed by atoms with Crippen LogP contribution in [0.1, 0.15) is 367 Å². The Hall–Kier alpha value is -3.41. The first-order chi connectivity index (χ1) is 41.0. The van der Waals surface area contributed by atoms with E-state index in [0.29, 0.717) is 19.3 Å². The summed E-state index contributed by atoms with van der Waals surface area (Å²) in [5.74, 6) is -0.856. The van der Waals surface area contributed by atoms with Gasteiger partial charge in [-0.05, 0) is 96.3 Å². The Labute approximate surface area is 515 Å². The van der Waals surface area contributed by atoms with Gasteiger partial charge in [0.1, 0.15) is 13.2 Å².